The summed E-state index contributed by atoms with van der Waals surface area (Å²) in [6.45, 7) is 3.20. The Kier molecular flexibility index (Phi) is 3.29. The summed E-state index contributed by atoms with van der Waals surface area (Å²) in [7, 11) is 1.62. The molecule has 2 N–H and O–H groups in total. The molecule has 0 fully saturated rings. The summed E-state index contributed by atoms with van der Waals surface area (Å²) in [5, 5.41) is 0. The van der Waals surface area contributed by atoms with Crippen LogP contribution in [-0.2, 0) is 13.1 Å². The smallest absolute Gasteiger partial charge is 0.254 e. The van der Waals surface area contributed by atoms with Crippen LogP contribution in [0.4, 0.5) is 5.69 Å². The number of nitrogen functional groups attached to an aromatic ring is 1. The van der Waals surface area contributed by atoms with Crippen molar-refractivity contribution >= 4 is 11.6 Å². The third-order valence-corrected chi connectivity index (χ3v) is 3.89. The van der Waals surface area contributed by atoms with E-state index in [1.54, 1.807) is 13.2 Å². The molecule has 1 heterocycles. The Morgan fingerprint density at radius 3 is 2.67 bits per heavy atom. The maximum Gasteiger partial charge on any atom is 0.254 e. The Bertz CT molecular complexity index is 710. The number of rotatable bonds is 2. The molecule has 0 saturated carbocycles. The Morgan fingerprint density at radius 2 is 1.90 bits per heavy atom. The van der Waals surface area contributed by atoms with Crippen molar-refractivity contribution < 1.29 is 9.53 Å². The van der Waals surface area contributed by atoms with Crippen molar-refractivity contribution in [3.63, 3.8) is 0 Å². The zero-order valence-corrected chi connectivity index (χ0v) is 12.2. The van der Waals surface area contributed by atoms with Crippen molar-refractivity contribution in [1.82, 2.24) is 4.90 Å². The van der Waals surface area contributed by atoms with Crippen LogP contribution in [0.25, 0.3) is 0 Å². The molecule has 0 aliphatic carbocycles. The molecule has 1 aliphatic rings. The van der Waals surface area contributed by atoms with E-state index in [2.05, 4.69) is 0 Å². The predicted molar refractivity (Wildman–Crippen MR) is 82.2 cm³/mol. The molecule has 2 aromatic carbocycles. The molecule has 0 spiro atoms. The first-order valence-electron chi connectivity index (χ1n) is 6.89. The van der Waals surface area contributed by atoms with Crippen LogP contribution < -0.4 is 10.5 Å². The predicted octanol–water partition coefficient (Wildman–Crippen LogP) is 2.74. The molecular weight excluding hydrogens is 264 g/mol. The van der Waals surface area contributed by atoms with Crippen molar-refractivity contribution in [2.24, 2.45) is 0 Å². The lowest BCUT2D eigenvalue weighted by Gasteiger charge is -2.16. The van der Waals surface area contributed by atoms with Gasteiger partial charge in [0.25, 0.3) is 5.91 Å². The fraction of sp³-hybridized carbons (Fsp3) is 0.235. The number of fused-ring (bicyclic) bond motifs is 1. The van der Waals surface area contributed by atoms with Gasteiger partial charge in [0.2, 0.25) is 0 Å². The molecular formula is C17H18N2O2. The first-order chi connectivity index (χ1) is 10.1. The van der Waals surface area contributed by atoms with Gasteiger partial charge in [-0.05, 0) is 47.9 Å². The first kappa shape index (κ1) is 13.5. The second-order valence-electron chi connectivity index (χ2n) is 5.37. The maximum absolute atomic E-state index is 12.6. The zero-order valence-electron chi connectivity index (χ0n) is 12.2. The fourth-order valence-electron chi connectivity index (χ4n) is 2.69. The average Bonchev–Trinajstić information content (AvgIpc) is 2.90. The molecule has 0 radical (unpaired) electrons. The average molecular weight is 282 g/mol. The van der Waals surface area contributed by atoms with E-state index in [4.69, 9.17) is 10.5 Å². The third-order valence-electron chi connectivity index (χ3n) is 3.89. The summed E-state index contributed by atoms with van der Waals surface area (Å²) in [4.78, 5) is 14.4. The Balaban J connectivity index is 1.84. The van der Waals surface area contributed by atoms with Gasteiger partial charge in [-0.15, -0.1) is 0 Å². The highest BCUT2D eigenvalue weighted by molar-refractivity contribution is 5.95. The van der Waals surface area contributed by atoms with Gasteiger partial charge in [0.1, 0.15) is 5.75 Å². The number of hydrogen-bond acceptors (Lipinski definition) is 3. The van der Waals surface area contributed by atoms with Crippen LogP contribution in [0.1, 0.15) is 27.0 Å². The van der Waals surface area contributed by atoms with E-state index in [1.807, 2.05) is 42.2 Å². The highest BCUT2D eigenvalue weighted by atomic mass is 16.5. The van der Waals surface area contributed by atoms with Gasteiger partial charge >= 0.3 is 0 Å². The highest BCUT2D eigenvalue weighted by Gasteiger charge is 2.24. The summed E-state index contributed by atoms with van der Waals surface area (Å²) < 4.78 is 5.29. The topological polar surface area (TPSA) is 55.6 Å². The first-order valence-corrected chi connectivity index (χ1v) is 6.89. The van der Waals surface area contributed by atoms with Crippen molar-refractivity contribution in [3.8, 4) is 5.75 Å². The molecule has 0 atom stereocenters. The molecule has 0 bridgehead atoms. The largest absolute Gasteiger partial charge is 0.496 e. The van der Waals surface area contributed by atoms with Gasteiger partial charge in [-0.2, -0.15) is 0 Å². The van der Waals surface area contributed by atoms with E-state index in [0.717, 1.165) is 28.1 Å². The number of methoxy groups -OCH3 is 1. The SMILES string of the molecule is COc1cc(C(=O)N2Cc3ccc(N)cc3C2)ccc1C. The summed E-state index contributed by atoms with van der Waals surface area (Å²) in [6, 6.07) is 11.4. The van der Waals surface area contributed by atoms with Crippen molar-refractivity contribution in [2.45, 2.75) is 20.0 Å². The van der Waals surface area contributed by atoms with E-state index >= 15 is 0 Å². The van der Waals surface area contributed by atoms with Crippen LogP contribution in [0.2, 0.25) is 0 Å². The van der Waals surface area contributed by atoms with Crippen LogP contribution in [0.15, 0.2) is 36.4 Å². The summed E-state index contributed by atoms with van der Waals surface area (Å²) in [6.07, 6.45) is 0. The van der Waals surface area contributed by atoms with Gasteiger partial charge in [0, 0.05) is 24.3 Å². The number of benzene rings is 2. The van der Waals surface area contributed by atoms with Gasteiger partial charge in [-0.25, -0.2) is 0 Å². The molecule has 108 valence electrons. The minimum Gasteiger partial charge on any atom is -0.496 e. The number of carbonyl (C=O) groups excluding carboxylic acids is 1. The Hall–Kier alpha value is -2.49. The quantitative estimate of drug-likeness (QED) is 0.862. The summed E-state index contributed by atoms with van der Waals surface area (Å²) in [5.41, 5.74) is 10.5. The minimum absolute atomic E-state index is 0.0167. The molecule has 4 nitrogen and oxygen atoms in total. The molecule has 21 heavy (non-hydrogen) atoms. The number of carbonyl (C=O) groups is 1. The van der Waals surface area contributed by atoms with Gasteiger partial charge in [-0.3, -0.25) is 4.79 Å². The van der Waals surface area contributed by atoms with Crippen molar-refractivity contribution in [1.29, 1.82) is 0 Å². The second-order valence-corrected chi connectivity index (χ2v) is 5.37. The third kappa shape index (κ3) is 2.44. The lowest BCUT2D eigenvalue weighted by atomic mass is 10.1. The molecule has 4 heteroatoms. The second kappa shape index (κ2) is 5.13. The van der Waals surface area contributed by atoms with Crippen LogP contribution in [0.5, 0.6) is 5.75 Å². The number of amides is 1. The molecule has 1 aliphatic heterocycles. The molecule has 0 unspecified atom stereocenters. The maximum atomic E-state index is 12.6. The monoisotopic (exact) mass is 282 g/mol. The van der Waals surface area contributed by atoms with E-state index in [9.17, 15) is 4.79 Å². The molecule has 0 aromatic heterocycles. The molecule has 1 amide bonds. The highest BCUT2D eigenvalue weighted by Crippen LogP contribution is 2.27. The molecule has 2 aromatic rings. The number of hydrogen-bond donors (Lipinski definition) is 1. The van der Waals surface area contributed by atoms with Crippen LogP contribution in [0.3, 0.4) is 0 Å². The molecule has 0 saturated heterocycles. The number of ether oxygens (including phenoxy) is 1. The van der Waals surface area contributed by atoms with E-state index in [-0.39, 0.29) is 5.91 Å². The van der Waals surface area contributed by atoms with Gasteiger partial charge in [0.05, 0.1) is 7.11 Å². The lowest BCUT2D eigenvalue weighted by molar-refractivity contribution is 0.0751. The number of anilines is 1. The normalized spacial score (nSPS) is 13.1. The van der Waals surface area contributed by atoms with Crippen LogP contribution >= 0.6 is 0 Å². The number of nitrogens with zero attached hydrogens (tertiary/aromatic N) is 1. The number of nitrogens with two attached hydrogens (primary N) is 1. The van der Waals surface area contributed by atoms with E-state index in [0.29, 0.717) is 18.7 Å². The van der Waals surface area contributed by atoms with Gasteiger partial charge in [-0.1, -0.05) is 12.1 Å². The zero-order chi connectivity index (χ0) is 15.0. The Labute approximate surface area is 124 Å². The van der Waals surface area contributed by atoms with Crippen LogP contribution in [-0.4, -0.2) is 17.9 Å². The van der Waals surface area contributed by atoms with Gasteiger partial charge < -0.3 is 15.4 Å². The standard InChI is InChI=1S/C17H18N2O2/c1-11-3-4-12(8-16(11)21-2)17(20)19-9-13-5-6-15(18)7-14(13)10-19/h3-8H,9-10,18H2,1-2H3. The summed E-state index contributed by atoms with van der Waals surface area (Å²) in [5.74, 6) is 0.755. The van der Waals surface area contributed by atoms with E-state index < -0.39 is 0 Å². The Morgan fingerprint density at radius 1 is 1.14 bits per heavy atom. The van der Waals surface area contributed by atoms with E-state index in [1.165, 1.54) is 0 Å². The fourth-order valence-corrected chi connectivity index (χ4v) is 2.69. The van der Waals surface area contributed by atoms with Crippen molar-refractivity contribution in [2.75, 3.05) is 12.8 Å². The van der Waals surface area contributed by atoms with Crippen molar-refractivity contribution in [3.05, 3.63) is 58.7 Å². The number of aryl methyl sites for hydroxylation is 1. The lowest BCUT2D eigenvalue weighted by Crippen LogP contribution is -2.25. The minimum atomic E-state index is 0.0167. The van der Waals surface area contributed by atoms with Crippen LogP contribution in [0, 0.1) is 6.92 Å². The summed E-state index contributed by atoms with van der Waals surface area (Å²) >= 11 is 0. The van der Waals surface area contributed by atoms with Gasteiger partial charge in [0.15, 0.2) is 0 Å². The molecule has 3 rings (SSSR count).